The minimum atomic E-state index is -1.67. The molecule has 20 heavy (non-hydrogen) atoms. The first kappa shape index (κ1) is 14.1. The SMILES string of the molecule is Nc1ccc(F)cc1CS(=O)c1ccccc1[N+](=O)[O-]. The first-order chi connectivity index (χ1) is 9.49. The number of nitrogen functional groups attached to an aromatic ring is 1. The molecule has 0 aliphatic carbocycles. The molecule has 0 aromatic heterocycles. The normalized spacial score (nSPS) is 12.1. The van der Waals surface area contributed by atoms with E-state index in [1.807, 2.05) is 0 Å². The van der Waals surface area contributed by atoms with Crippen molar-refractivity contribution in [2.75, 3.05) is 5.73 Å². The molecule has 0 radical (unpaired) electrons. The number of nitro groups is 1. The van der Waals surface area contributed by atoms with Crippen LogP contribution in [0.15, 0.2) is 47.4 Å². The maximum atomic E-state index is 13.1. The van der Waals surface area contributed by atoms with Gasteiger partial charge in [0, 0.05) is 11.8 Å². The van der Waals surface area contributed by atoms with E-state index in [-0.39, 0.29) is 16.3 Å². The Morgan fingerprint density at radius 2 is 1.95 bits per heavy atom. The molecule has 2 aromatic rings. The second kappa shape index (κ2) is 5.79. The van der Waals surface area contributed by atoms with E-state index in [1.165, 1.54) is 36.4 Å². The Morgan fingerprint density at radius 3 is 2.65 bits per heavy atom. The number of nitrogens with two attached hydrogens (primary N) is 1. The molecule has 0 aliphatic heterocycles. The Bertz CT molecular complexity index is 691. The number of rotatable bonds is 4. The minimum Gasteiger partial charge on any atom is -0.398 e. The van der Waals surface area contributed by atoms with E-state index >= 15 is 0 Å². The predicted octanol–water partition coefficient (Wildman–Crippen LogP) is 2.62. The third-order valence-electron chi connectivity index (χ3n) is 2.70. The Kier molecular flexibility index (Phi) is 4.09. The predicted molar refractivity (Wildman–Crippen MR) is 74.0 cm³/mol. The van der Waals surface area contributed by atoms with Crippen LogP contribution >= 0.6 is 0 Å². The Labute approximate surface area is 116 Å². The van der Waals surface area contributed by atoms with E-state index in [9.17, 15) is 18.7 Å². The summed E-state index contributed by atoms with van der Waals surface area (Å²) in [6.45, 7) is 0. The van der Waals surface area contributed by atoms with E-state index in [1.54, 1.807) is 6.07 Å². The molecule has 0 spiro atoms. The summed E-state index contributed by atoms with van der Waals surface area (Å²) in [7, 11) is -1.67. The van der Waals surface area contributed by atoms with E-state index < -0.39 is 21.5 Å². The molecule has 2 rings (SSSR count). The smallest absolute Gasteiger partial charge is 0.285 e. The Morgan fingerprint density at radius 1 is 1.25 bits per heavy atom. The van der Waals surface area contributed by atoms with Crippen LogP contribution in [-0.4, -0.2) is 9.13 Å². The molecule has 0 amide bonds. The number of para-hydroxylation sites is 1. The highest BCUT2D eigenvalue weighted by Crippen LogP contribution is 2.25. The van der Waals surface area contributed by atoms with Crippen molar-refractivity contribution in [3.05, 3.63) is 64.0 Å². The molecule has 104 valence electrons. The topological polar surface area (TPSA) is 86.2 Å². The Hall–Kier alpha value is -2.28. The molecule has 0 bridgehead atoms. The number of hydrogen-bond donors (Lipinski definition) is 1. The molecule has 0 fully saturated rings. The molecule has 0 heterocycles. The summed E-state index contributed by atoms with van der Waals surface area (Å²) < 4.78 is 25.4. The van der Waals surface area contributed by atoms with Gasteiger partial charge >= 0.3 is 0 Å². The van der Waals surface area contributed by atoms with Crippen molar-refractivity contribution in [1.82, 2.24) is 0 Å². The highest BCUT2D eigenvalue weighted by Gasteiger charge is 2.19. The van der Waals surface area contributed by atoms with Gasteiger partial charge in [0.25, 0.3) is 5.69 Å². The van der Waals surface area contributed by atoms with Crippen molar-refractivity contribution in [3.8, 4) is 0 Å². The van der Waals surface area contributed by atoms with Crippen LogP contribution in [0.3, 0.4) is 0 Å². The van der Waals surface area contributed by atoms with Crippen molar-refractivity contribution in [1.29, 1.82) is 0 Å². The lowest BCUT2D eigenvalue weighted by Crippen LogP contribution is -2.03. The average Bonchev–Trinajstić information content (AvgIpc) is 2.42. The molecule has 0 aliphatic rings. The summed E-state index contributed by atoms with van der Waals surface area (Å²) in [5.41, 5.74) is 6.12. The quantitative estimate of drug-likeness (QED) is 0.533. The van der Waals surface area contributed by atoms with Crippen LogP contribution < -0.4 is 5.73 Å². The van der Waals surface area contributed by atoms with Crippen LogP contribution in [0.4, 0.5) is 15.8 Å². The first-order valence-corrected chi connectivity index (χ1v) is 6.96. The maximum absolute atomic E-state index is 13.1. The number of nitro benzene ring substituents is 1. The van der Waals surface area contributed by atoms with Crippen molar-refractivity contribution in [2.24, 2.45) is 0 Å². The fraction of sp³-hybridized carbons (Fsp3) is 0.0769. The zero-order chi connectivity index (χ0) is 14.7. The van der Waals surface area contributed by atoms with E-state index in [4.69, 9.17) is 5.73 Å². The van der Waals surface area contributed by atoms with E-state index in [0.29, 0.717) is 11.3 Å². The average molecular weight is 294 g/mol. The first-order valence-electron chi connectivity index (χ1n) is 5.64. The van der Waals surface area contributed by atoms with Crippen molar-refractivity contribution >= 4 is 22.2 Å². The fourth-order valence-electron chi connectivity index (χ4n) is 1.72. The summed E-state index contributed by atoms with van der Waals surface area (Å²) in [5.74, 6) is -0.567. The zero-order valence-electron chi connectivity index (χ0n) is 10.3. The summed E-state index contributed by atoms with van der Waals surface area (Å²) in [4.78, 5) is 10.4. The van der Waals surface area contributed by atoms with Gasteiger partial charge in [0.1, 0.15) is 10.7 Å². The van der Waals surface area contributed by atoms with Crippen LogP contribution in [0.25, 0.3) is 0 Å². The zero-order valence-corrected chi connectivity index (χ0v) is 11.1. The van der Waals surface area contributed by atoms with Crippen molar-refractivity contribution < 1.29 is 13.5 Å². The molecule has 1 unspecified atom stereocenters. The van der Waals surface area contributed by atoms with E-state index in [2.05, 4.69) is 0 Å². The molecule has 7 heteroatoms. The highest BCUT2D eigenvalue weighted by atomic mass is 32.2. The third kappa shape index (κ3) is 3.00. The number of halogens is 1. The van der Waals surface area contributed by atoms with Gasteiger partial charge in [-0.3, -0.25) is 14.3 Å². The maximum Gasteiger partial charge on any atom is 0.285 e. The van der Waals surface area contributed by atoms with Gasteiger partial charge in [0.15, 0.2) is 0 Å². The second-order valence-electron chi connectivity index (χ2n) is 4.06. The van der Waals surface area contributed by atoms with Gasteiger partial charge in [-0.1, -0.05) is 12.1 Å². The van der Waals surface area contributed by atoms with Gasteiger partial charge in [-0.15, -0.1) is 0 Å². The van der Waals surface area contributed by atoms with Gasteiger partial charge in [0.2, 0.25) is 0 Å². The van der Waals surface area contributed by atoms with Gasteiger partial charge in [0.05, 0.1) is 21.5 Å². The number of anilines is 1. The van der Waals surface area contributed by atoms with E-state index in [0.717, 1.165) is 0 Å². The minimum absolute atomic E-state index is 0.0750. The summed E-state index contributed by atoms with van der Waals surface area (Å²) in [6.07, 6.45) is 0. The van der Waals surface area contributed by atoms with Crippen molar-refractivity contribution in [3.63, 3.8) is 0 Å². The lowest BCUT2D eigenvalue weighted by molar-refractivity contribution is -0.387. The monoisotopic (exact) mass is 294 g/mol. The van der Waals surface area contributed by atoms with Crippen LogP contribution in [0.2, 0.25) is 0 Å². The molecular weight excluding hydrogens is 283 g/mol. The van der Waals surface area contributed by atoms with Crippen LogP contribution in [-0.2, 0) is 16.6 Å². The molecule has 1 atom stereocenters. The number of nitrogens with zero attached hydrogens (tertiary/aromatic N) is 1. The molecule has 2 aromatic carbocycles. The molecular formula is C13H11FN2O3S. The summed E-state index contributed by atoms with van der Waals surface area (Å²) in [5, 5.41) is 10.9. The Balaban J connectivity index is 2.33. The lowest BCUT2D eigenvalue weighted by atomic mass is 10.2. The van der Waals surface area contributed by atoms with Crippen LogP contribution in [0, 0.1) is 15.9 Å². The number of benzene rings is 2. The van der Waals surface area contributed by atoms with Crippen LogP contribution in [0.5, 0.6) is 0 Å². The lowest BCUT2D eigenvalue weighted by Gasteiger charge is -2.06. The van der Waals surface area contributed by atoms with Gasteiger partial charge in [-0.25, -0.2) is 4.39 Å². The van der Waals surface area contributed by atoms with Gasteiger partial charge in [-0.2, -0.15) is 0 Å². The third-order valence-corrected chi connectivity index (χ3v) is 4.11. The summed E-state index contributed by atoms with van der Waals surface area (Å²) >= 11 is 0. The summed E-state index contributed by atoms with van der Waals surface area (Å²) in [6, 6.07) is 9.52. The van der Waals surface area contributed by atoms with Crippen LogP contribution in [0.1, 0.15) is 5.56 Å². The largest absolute Gasteiger partial charge is 0.398 e. The standard InChI is InChI=1S/C13H11FN2O3S/c14-10-5-6-11(15)9(7-10)8-20(19)13-4-2-1-3-12(13)16(17)18/h1-7H,8,15H2. The highest BCUT2D eigenvalue weighted by molar-refractivity contribution is 7.84. The van der Waals surface area contributed by atoms with Gasteiger partial charge < -0.3 is 5.73 Å². The second-order valence-corrected chi connectivity index (χ2v) is 5.48. The fourth-order valence-corrected chi connectivity index (χ4v) is 3.01. The molecule has 2 N–H and O–H groups in total. The number of hydrogen-bond acceptors (Lipinski definition) is 4. The molecule has 5 nitrogen and oxygen atoms in total. The molecule has 0 saturated heterocycles. The van der Waals surface area contributed by atoms with Crippen molar-refractivity contribution in [2.45, 2.75) is 10.6 Å². The van der Waals surface area contributed by atoms with Gasteiger partial charge in [-0.05, 0) is 29.8 Å². The molecule has 0 saturated carbocycles.